The van der Waals surface area contributed by atoms with Gasteiger partial charge >= 0.3 is 11.9 Å². The zero-order valence-corrected chi connectivity index (χ0v) is 7.40. The van der Waals surface area contributed by atoms with Crippen molar-refractivity contribution in [3.05, 3.63) is 0 Å². The lowest BCUT2D eigenvalue weighted by atomic mass is 10.1. The molecule has 0 saturated heterocycles. The van der Waals surface area contributed by atoms with Crippen molar-refractivity contribution in [2.24, 2.45) is 5.73 Å². The maximum atomic E-state index is 10.1. The summed E-state index contributed by atoms with van der Waals surface area (Å²) < 4.78 is 0. The smallest absolute Gasteiger partial charge is 0.303 e. The van der Waals surface area contributed by atoms with Crippen LogP contribution in [-0.4, -0.2) is 28.2 Å². The first-order valence-electron chi connectivity index (χ1n) is 4.21. The molecule has 0 aliphatic carbocycles. The molecule has 0 rings (SSSR count). The van der Waals surface area contributed by atoms with Crippen LogP contribution in [0.5, 0.6) is 0 Å². The van der Waals surface area contributed by atoms with Crippen LogP contribution in [0.25, 0.3) is 0 Å². The molecule has 0 unspecified atom stereocenters. The maximum Gasteiger partial charge on any atom is 0.303 e. The van der Waals surface area contributed by atoms with Gasteiger partial charge < -0.3 is 15.9 Å². The van der Waals surface area contributed by atoms with E-state index in [1.165, 1.54) is 0 Å². The van der Waals surface area contributed by atoms with Crippen LogP contribution in [0, 0.1) is 0 Å². The summed E-state index contributed by atoms with van der Waals surface area (Å²) >= 11 is 0. The number of nitrogens with two attached hydrogens (primary N) is 1. The lowest BCUT2D eigenvalue weighted by Crippen LogP contribution is -2.21. The van der Waals surface area contributed by atoms with Gasteiger partial charge in [0, 0.05) is 18.9 Å². The number of carboxylic acids is 2. The first-order valence-corrected chi connectivity index (χ1v) is 4.21. The van der Waals surface area contributed by atoms with Crippen molar-refractivity contribution in [1.82, 2.24) is 0 Å². The molecule has 0 amide bonds. The Bertz CT molecular complexity index is 181. The Balaban J connectivity index is 3.35. The van der Waals surface area contributed by atoms with E-state index in [1.54, 1.807) is 0 Å². The third kappa shape index (κ3) is 8.81. The monoisotopic (exact) mass is 189 g/mol. The van der Waals surface area contributed by atoms with E-state index in [0.717, 1.165) is 0 Å². The van der Waals surface area contributed by atoms with Crippen LogP contribution in [0.1, 0.15) is 32.1 Å². The molecule has 13 heavy (non-hydrogen) atoms. The molecule has 5 heteroatoms. The maximum absolute atomic E-state index is 10.1. The molecule has 0 aromatic heterocycles. The summed E-state index contributed by atoms with van der Waals surface area (Å²) in [6, 6.07) is -0.199. The molecule has 0 saturated carbocycles. The van der Waals surface area contributed by atoms with Crippen LogP contribution >= 0.6 is 0 Å². The van der Waals surface area contributed by atoms with Crippen molar-refractivity contribution in [1.29, 1.82) is 0 Å². The fourth-order valence-corrected chi connectivity index (χ4v) is 0.969. The van der Waals surface area contributed by atoms with Crippen molar-refractivity contribution < 1.29 is 19.8 Å². The minimum absolute atomic E-state index is 0.0498. The summed E-state index contributed by atoms with van der Waals surface area (Å²) in [5.74, 6) is -1.71. The molecule has 76 valence electrons. The molecule has 0 fully saturated rings. The van der Waals surface area contributed by atoms with Crippen molar-refractivity contribution in [3.63, 3.8) is 0 Å². The fraction of sp³-hybridized carbons (Fsp3) is 0.750. The molecule has 1 atom stereocenters. The molecular formula is C8H15NO4. The van der Waals surface area contributed by atoms with E-state index in [2.05, 4.69) is 0 Å². The first-order chi connectivity index (χ1) is 6.02. The van der Waals surface area contributed by atoms with E-state index in [0.29, 0.717) is 19.3 Å². The molecule has 0 aliphatic heterocycles. The highest BCUT2D eigenvalue weighted by atomic mass is 16.4. The molecule has 0 aromatic rings. The van der Waals surface area contributed by atoms with Gasteiger partial charge in [0.2, 0.25) is 0 Å². The van der Waals surface area contributed by atoms with Gasteiger partial charge in [-0.05, 0) is 19.3 Å². The Hall–Kier alpha value is -1.10. The van der Waals surface area contributed by atoms with Crippen molar-refractivity contribution in [2.45, 2.75) is 38.1 Å². The lowest BCUT2D eigenvalue weighted by molar-refractivity contribution is -0.138. The molecular weight excluding hydrogens is 174 g/mol. The normalized spacial score (nSPS) is 12.4. The Labute approximate surface area is 76.5 Å². The van der Waals surface area contributed by atoms with Crippen LogP contribution in [0.2, 0.25) is 0 Å². The second-order valence-electron chi connectivity index (χ2n) is 2.98. The van der Waals surface area contributed by atoms with Gasteiger partial charge in [-0.3, -0.25) is 9.59 Å². The number of hydrogen-bond donors (Lipinski definition) is 3. The zero-order chi connectivity index (χ0) is 10.3. The van der Waals surface area contributed by atoms with Gasteiger partial charge in [-0.15, -0.1) is 0 Å². The standard InChI is InChI=1S/C8H15NO4/c9-6(4-5-8(12)13)2-1-3-7(10)11/h6H,1-5,9H2,(H,10,11)(H,12,13)/t6-/m0/s1. The topological polar surface area (TPSA) is 101 Å². The third-order valence-corrected chi connectivity index (χ3v) is 1.69. The highest BCUT2D eigenvalue weighted by Gasteiger charge is 2.06. The van der Waals surface area contributed by atoms with E-state index in [4.69, 9.17) is 15.9 Å². The van der Waals surface area contributed by atoms with Crippen LogP contribution in [-0.2, 0) is 9.59 Å². The fourth-order valence-electron chi connectivity index (χ4n) is 0.969. The zero-order valence-electron chi connectivity index (χ0n) is 7.40. The first kappa shape index (κ1) is 11.9. The largest absolute Gasteiger partial charge is 0.481 e. The molecule has 5 nitrogen and oxygen atoms in total. The number of carbonyl (C=O) groups is 2. The molecule has 4 N–H and O–H groups in total. The minimum Gasteiger partial charge on any atom is -0.481 e. The summed E-state index contributed by atoms with van der Waals surface area (Å²) in [7, 11) is 0. The van der Waals surface area contributed by atoms with Crippen LogP contribution < -0.4 is 5.73 Å². The summed E-state index contributed by atoms with van der Waals surface area (Å²) in [6.45, 7) is 0. The second-order valence-corrected chi connectivity index (χ2v) is 2.98. The van der Waals surface area contributed by atoms with Gasteiger partial charge in [-0.1, -0.05) is 0 Å². The average molecular weight is 189 g/mol. The summed E-state index contributed by atoms with van der Waals surface area (Å²) in [5.41, 5.74) is 5.55. The number of rotatable bonds is 7. The minimum atomic E-state index is -0.867. The Morgan fingerprint density at radius 1 is 1.08 bits per heavy atom. The molecule has 0 spiro atoms. The van der Waals surface area contributed by atoms with Crippen molar-refractivity contribution in [2.75, 3.05) is 0 Å². The third-order valence-electron chi connectivity index (χ3n) is 1.69. The van der Waals surface area contributed by atoms with E-state index in [1.807, 2.05) is 0 Å². The number of carboxylic acid groups (broad SMARTS) is 2. The van der Waals surface area contributed by atoms with Crippen LogP contribution in [0.3, 0.4) is 0 Å². The predicted molar refractivity (Wildman–Crippen MR) is 46.3 cm³/mol. The van der Waals surface area contributed by atoms with E-state index in [9.17, 15) is 9.59 Å². The number of aliphatic carboxylic acids is 2. The molecule has 0 bridgehead atoms. The molecule has 0 aromatic carbocycles. The van der Waals surface area contributed by atoms with E-state index in [-0.39, 0.29) is 18.9 Å². The number of hydrogen-bond acceptors (Lipinski definition) is 3. The quantitative estimate of drug-likeness (QED) is 0.539. The van der Waals surface area contributed by atoms with E-state index < -0.39 is 11.9 Å². The van der Waals surface area contributed by atoms with Crippen molar-refractivity contribution in [3.8, 4) is 0 Å². The van der Waals surface area contributed by atoms with Gasteiger partial charge in [0.05, 0.1) is 0 Å². The predicted octanol–water partition coefficient (Wildman–Crippen LogP) is 0.433. The van der Waals surface area contributed by atoms with Crippen molar-refractivity contribution >= 4 is 11.9 Å². The molecule has 0 heterocycles. The highest BCUT2D eigenvalue weighted by Crippen LogP contribution is 2.04. The van der Waals surface area contributed by atoms with E-state index >= 15 is 0 Å². The van der Waals surface area contributed by atoms with Gasteiger partial charge in [-0.25, -0.2) is 0 Å². The van der Waals surface area contributed by atoms with Gasteiger partial charge in [-0.2, -0.15) is 0 Å². The lowest BCUT2D eigenvalue weighted by Gasteiger charge is -2.08. The summed E-state index contributed by atoms with van der Waals surface area (Å²) in [5, 5.41) is 16.6. The van der Waals surface area contributed by atoms with Gasteiger partial charge in [0.15, 0.2) is 0 Å². The molecule has 0 aliphatic rings. The highest BCUT2D eigenvalue weighted by molar-refractivity contribution is 5.67. The van der Waals surface area contributed by atoms with Crippen LogP contribution in [0.4, 0.5) is 0 Å². The SMILES string of the molecule is N[C@@H](CCCC(=O)O)CCC(=O)O. The summed E-state index contributed by atoms with van der Waals surface area (Å²) in [6.07, 6.45) is 1.64. The van der Waals surface area contributed by atoms with Crippen LogP contribution in [0.15, 0.2) is 0 Å². The Morgan fingerprint density at radius 3 is 2.08 bits per heavy atom. The van der Waals surface area contributed by atoms with Gasteiger partial charge in [0.1, 0.15) is 0 Å². The average Bonchev–Trinajstić information content (AvgIpc) is 2.00. The second kappa shape index (κ2) is 6.42. The summed E-state index contributed by atoms with van der Waals surface area (Å²) in [4.78, 5) is 20.2. The molecule has 0 radical (unpaired) electrons. The Kier molecular flexibility index (Phi) is 5.88. The Morgan fingerprint density at radius 2 is 1.62 bits per heavy atom. The van der Waals surface area contributed by atoms with Gasteiger partial charge in [0.25, 0.3) is 0 Å².